The molecule has 0 fully saturated rings. The van der Waals surface area contributed by atoms with Crippen molar-refractivity contribution in [2.75, 3.05) is 4.90 Å². The summed E-state index contributed by atoms with van der Waals surface area (Å²) in [5.74, 6) is 0. The second kappa shape index (κ2) is 11.6. The van der Waals surface area contributed by atoms with Crippen LogP contribution in [0.2, 0.25) is 0 Å². The summed E-state index contributed by atoms with van der Waals surface area (Å²) in [6.45, 7) is 7.32. The monoisotopic (exact) mass is 524 g/mol. The van der Waals surface area contributed by atoms with Gasteiger partial charge < -0.3 is 14.7 Å². The number of aliphatic hydroxyl groups is 1. The van der Waals surface area contributed by atoms with Gasteiger partial charge in [-0.15, -0.1) is 0 Å². The van der Waals surface area contributed by atoms with E-state index in [0.717, 1.165) is 33.7 Å². The minimum atomic E-state index is -0.998. The van der Waals surface area contributed by atoms with Gasteiger partial charge in [-0.2, -0.15) is 0 Å². The Hall–Kier alpha value is -4.12. The number of nitrogens with zero attached hydrogens (tertiary/aromatic N) is 1. The Labute approximate surface area is 239 Å². The van der Waals surface area contributed by atoms with Crippen LogP contribution >= 0.6 is 0 Å². The molecule has 0 unspecified atom stereocenters. The highest BCUT2D eigenvalue weighted by molar-refractivity contribution is 6.47. The van der Waals surface area contributed by atoms with Crippen LogP contribution in [0.5, 0.6) is 0 Å². The summed E-state index contributed by atoms with van der Waals surface area (Å²) in [6.07, 6.45) is 0. The molecule has 40 heavy (non-hydrogen) atoms. The van der Waals surface area contributed by atoms with Crippen LogP contribution in [0.25, 0.3) is 22.3 Å². The molecular formula is C36H35BNO2. The third kappa shape index (κ3) is 6.04. The Bertz CT molecular complexity index is 1530. The molecule has 0 saturated heterocycles. The molecule has 5 rings (SSSR count). The van der Waals surface area contributed by atoms with Gasteiger partial charge in [0.1, 0.15) is 0 Å². The summed E-state index contributed by atoms with van der Waals surface area (Å²) in [5, 5.41) is 10.6. The zero-order valence-electron chi connectivity index (χ0n) is 23.6. The van der Waals surface area contributed by atoms with Crippen LogP contribution in [0.15, 0.2) is 133 Å². The first kappa shape index (κ1) is 27.5. The van der Waals surface area contributed by atoms with Crippen molar-refractivity contribution in [2.24, 2.45) is 0 Å². The summed E-state index contributed by atoms with van der Waals surface area (Å²) < 4.78 is 6.11. The number of para-hydroxylation sites is 1. The van der Waals surface area contributed by atoms with Crippen molar-refractivity contribution in [1.29, 1.82) is 0 Å². The van der Waals surface area contributed by atoms with Gasteiger partial charge in [0.05, 0.1) is 16.9 Å². The Morgan fingerprint density at radius 2 is 1.07 bits per heavy atom. The fourth-order valence-electron chi connectivity index (χ4n) is 4.47. The minimum Gasteiger partial charge on any atom is -0.427 e. The lowest BCUT2D eigenvalue weighted by Gasteiger charge is -2.37. The van der Waals surface area contributed by atoms with Crippen LogP contribution in [-0.4, -0.2) is 23.8 Å². The van der Waals surface area contributed by atoms with E-state index in [1.807, 2.05) is 32.0 Å². The van der Waals surface area contributed by atoms with Gasteiger partial charge in [-0.3, -0.25) is 0 Å². The molecule has 0 aliphatic rings. The van der Waals surface area contributed by atoms with Crippen molar-refractivity contribution in [3.05, 3.63) is 133 Å². The molecule has 0 aliphatic carbocycles. The van der Waals surface area contributed by atoms with Crippen molar-refractivity contribution >= 4 is 30.0 Å². The van der Waals surface area contributed by atoms with Gasteiger partial charge in [0.15, 0.2) is 0 Å². The van der Waals surface area contributed by atoms with Gasteiger partial charge in [0.25, 0.3) is 0 Å². The van der Waals surface area contributed by atoms with Crippen molar-refractivity contribution in [3.8, 4) is 22.3 Å². The molecule has 4 heteroatoms. The summed E-state index contributed by atoms with van der Waals surface area (Å²) in [4.78, 5) is 2.29. The van der Waals surface area contributed by atoms with E-state index in [2.05, 4.69) is 120 Å². The lowest BCUT2D eigenvalue weighted by atomic mass is 9.81. The van der Waals surface area contributed by atoms with Crippen molar-refractivity contribution < 1.29 is 9.76 Å². The highest BCUT2D eigenvalue weighted by Gasteiger charge is 2.35. The maximum atomic E-state index is 10.6. The Kier molecular flexibility index (Phi) is 7.93. The molecule has 0 aliphatic heterocycles. The van der Waals surface area contributed by atoms with Gasteiger partial charge in [-0.25, -0.2) is 0 Å². The van der Waals surface area contributed by atoms with E-state index in [0.29, 0.717) is 0 Å². The molecule has 0 spiro atoms. The predicted molar refractivity (Wildman–Crippen MR) is 169 cm³/mol. The zero-order chi connectivity index (χ0) is 28.2. The van der Waals surface area contributed by atoms with Gasteiger partial charge in [0.2, 0.25) is 0 Å². The fourth-order valence-corrected chi connectivity index (χ4v) is 4.47. The molecule has 5 aromatic carbocycles. The van der Waals surface area contributed by atoms with E-state index in [-0.39, 0.29) is 0 Å². The molecule has 3 nitrogen and oxygen atoms in total. The Morgan fingerprint density at radius 3 is 1.65 bits per heavy atom. The van der Waals surface area contributed by atoms with Gasteiger partial charge in [-0.1, -0.05) is 109 Å². The Morgan fingerprint density at radius 1 is 0.575 bits per heavy atom. The van der Waals surface area contributed by atoms with Crippen molar-refractivity contribution in [2.45, 2.75) is 38.9 Å². The summed E-state index contributed by atoms with van der Waals surface area (Å²) in [7, 11) is 1.75. The summed E-state index contributed by atoms with van der Waals surface area (Å²) in [6, 6.07) is 46.4. The predicted octanol–water partition coefficient (Wildman–Crippen LogP) is 8.30. The molecule has 0 heterocycles. The standard InChI is InChI=1S/C36H35BNO2/c1-35(2,39)36(3,4)40-37-30-22-25-34(33(26-30)29-16-10-6-11-17-29)38(31-18-12-7-13-19-31)32-23-20-28(21-24-32)27-14-8-5-9-15-27/h5-26,39H,1-4H3. The molecule has 1 radical (unpaired) electrons. The molecule has 0 atom stereocenters. The van der Waals surface area contributed by atoms with Crippen LogP contribution in [-0.2, 0) is 4.65 Å². The Balaban J connectivity index is 1.59. The SMILES string of the molecule is CC(C)(O)C(C)(C)O[B]c1ccc(N(c2ccccc2)c2ccc(-c3ccccc3)cc2)c(-c2ccccc2)c1. The highest BCUT2D eigenvalue weighted by atomic mass is 16.5. The largest absolute Gasteiger partial charge is 0.427 e. The molecule has 0 aromatic heterocycles. The van der Waals surface area contributed by atoms with Crippen molar-refractivity contribution in [1.82, 2.24) is 0 Å². The molecule has 0 bridgehead atoms. The van der Waals surface area contributed by atoms with Crippen molar-refractivity contribution in [3.63, 3.8) is 0 Å². The first-order chi connectivity index (χ1) is 19.2. The fraction of sp³-hybridized carbons (Fsp3) is 0.167. The lowest BCUT2D eigenvalue weighted by Crippen LogP contribution is -2.49. The van der Waals surface area contributed by atoms with Gasteiger partial charge in [-0.05, 0) is 74.7 Å². The third-order valence-corrected chi connectivity index (χ3v) is 7.56. The minimum absolute atomic E-state index is 0.755. The summed E-state index contributed by atoms with van der Waals surface area (Å²) >= 11 is 0. The normalized spacial score (nSPS) is 11.7. The molecule has 0 amide bonds. The van der Waals surface area contributed by atoms with E-state index in [9.17, 15) is 5.11 Å². The second-order valence-corrected chi connectivity index (χ2v) is 11.0. The molecule has 1 N–H and O–H groups in total. The zero-order valence-corrected chi connectivity index (χ0v) is 23.6. The number of anilines is 3. The quantitative estimate of drug-likeness (QED) is 0.197. The van der Waals surface area contributed by atoms with Gasteiger partial charge >= 0.3 is 7.48 Å². The van der Waals surface area contributed by atoms with Crippen LogP contribution < -0.4 is 10.4 Å². The van der Waals surface area contributed by atoms with Crippen LogP contribution in [0.3, 0.4) is 0 Å². The first-order valence-electron chi connectivity index (χ1n) is 13.7. The number of hydrogen-bond acceptors (Lipinski definition) is 3. The molecule has 0 saturated carbocycles. The maximum absolute atomic E-state index is 10.6. The number of hydrogen-bond donors (Lipinski definition) is 1. The topological polar surface area (TPSA) is 32.7 Å². The molecule has 199 valence electrons. The van der Waals surface area contributed by atoms with E-state index in [1.165, 1.54) is 11.1 Å². The average molecular weight is 524 g/mol. The van der Waals surface area contributed by atoms with Crippen LogP contribution in [0, 0.1) is 0 Å². The molecular weight excluding hydrogens is 489 g/mol. The summed E-state index contributed by atoms with van der Waals surface area (Å²) in [5.41, 5.74) is 6.93. The van der Waals surface area contributed by atoms with E-state index in [1.54, 1.807) is 21.3 Å². The molecule has 5 aromatic rings. The third-order valence-electron chi connectivity index (χ3n) is 7.56. The maximum Gasteiger partial charge on any atom is 0.330 e. The van der Waals surface area contributed by atoms with E-state index >= 15 is 0 Å². The van der Waals surface area contributed by atoms with Crippen LogP contribution in [0.4, 0.5) is 17.1 Å². The van der Waals surface area contributed by atoms with Crippen LogP contribution in [0.1, 0.15) is 27.7 Å². The smallest absolute Gasteiger partial charge is 0.330 e. The second-order valence-electron chi connectivity index (χ2n) is 11.0. The highest BCUT2D eigenvalue weighted by Crippen LogP contribution is 2.40. The number of benzene rings is 5. The number of rotatable bonds is 9. The van der Waals surface area contributed by atoms with Gasteiger partial charge in [0, 0.05) is 16.9 Å². The average Bonchev–Trinajstić information content (AvgIpc) is 2.98. The van der Waals surface area contributed by atoms with E-state index in [4.69, 9.17) is 4.65 Å². The van der Waals surface area contributed by atoms with E-state index < -0.39 is 11.2 Å². The lowest BCUT2D eigenvalue weighted by molar-refractivity contribution is -0.0893. The first-order valence-corrected chi connectivity index (χ1v) is 13.7.